The van der Waals surface area contributed by atoms with Crippen LogP contribution in [0.25, 0.3) is 0 Å². The van der Waals surface area contributed by atoms with Gasteiger partial charge in [0.05, 0.1) is 6.67 Å². The maximum absolute atomic E-state index is 13.2. The van der Waals surface area contributed by atoms with E-state index in [0.29, 0.717) is 6.67 Å². The number of carbonyl (C=O) groups excluding carboxylic acids is 2. The third kappa shape index (κ3) is 4.42. The topological polar surface area (TPSA) is 55.9 Å². The van der Waals surface area contributed by atoms with Crippen molar-refractivity contribution in [1.29, 1.82) is 0 Å². The molecule has 2 heterocycles. The number of urea groups is 1. The standard InChI is InChI=1S/C23H34N4O2/c1-19-8-10-20(11-9-19)26-15-7-14-25(16-17-26)18-27-21(28)23(24-22(27)29)12-5-3-2-4-6-13-23/h8-11H,2-7,12-18H2,1H3,(H,24,29). The molecular weight excluding hydrogens is 364 g/mol. The second kappa shape index (κ2) is 8.74. The minimum Gasteiger partial charge on any atom is -0.370 e. The number of nitrogens with zero attached hydrogens (tertiary/aromatic N) is 3. The molecule has 1 aromatic rings. The molecule has 2 saturated heterocycles. The van der Waals surface area contributed by atoms with Gasteiger partial charge in [-0.25, -0.2) is 9.69 Å². The lowest BCUT2D eigenvalue weighted by Crippen LogP contribution is -2.48. The van der Waals surface area contributed by atoms with Crippen molar-refractivity contribution in [2.45, 2.75) is 63.8 Å². The number of benzene rings is 1. The Balaban J connectivity index is 1.38. The van der Waals surface area contributed by atoms with Gasteiger partial charge in [-0.3, -0.25) is 9.69 Å². The van der Waals surface area contributed by atoms with Gasteiger partial charge >= 0.3 is 6.03 Å². The zero-order valence-electron chi connectivity index (χ0n) is 17.7. The fraction of sp³-hybridized carbons (Fsp3) is 0.652. The second-order valence-electron chi connectivity index (χ2n) is 8.95. The van der Waals surface area contributed by atoms with Crippen LogP contribution in [0.1, 0.15) is 56.9 Å². The summed E-state index contributed by atoms with van der Waals surface area (Å²) in [6.45, 7) is 6.20. The minimum atomic E-state index is -0.642. The van der Waals surface area contributed by atoms with E-state index in [1.807, 2.05) is 0 Å². The summed E-state index contributed by atoms with van der Waals surface area (Å²) in [6, 6.07) is 8.47. The van der Waals surface area contributed by atoms with Crippen molar-refractivity contribution in [3.8, 4) is 0 Å². The van der Waals surface area contributed by atoms with Gasteiger partial charge in [0.15, 0.2) is 0 Å². The highest BCUT2D eigenvalue weighted by atomic mass is 16.2. The Morgan fingerprint density at radius 1 is 0.862 bits per heavy atom. The highest BCUT2D eigenvalue weighted by Crippen LogP contribution is 2.32. The van der Waals surface area contributed by atoms with Gasteiger partial charge in [-0.05, 0) is 38.3 Å². The van der Waals surface area contributed by atoms with E-state index < -0.39 is 5.54 Å². The Bertz CT molecular complexity index is 725. The molecule has 2 aliphatic heterocycles. The first-order chi connectivity index (χ1) is 14.1. The van der Waals surface area contributed by atoms with Crippen LogP contribution >= 0.6 is 0 Å². The van der Waals surface area contributed by atoms with Crippen LogP contribution < -0.4 is 10.2 Å². The fourth-order valence-corrected chi connectivity index (χ4v) is 4.98. The van der Waals surface area contributed by atoms with Crippen LogP contribution in [0.5, 0.6) is 0 Å². The maximum Gasteiger partial charge on any atom is 0.326 e. The van der Waals surface area contributed by atoms with Gasteiger partial charge in [0.2, 0.25) is 0 Å². The Morgan fingerprint density at radius 3 is 2.28 bits per heavy atom. The molecule has 1 spiro atoms. The monoisotopic (exact) mass is 398 g/mol. The lowest BCUT2D eigenvalue weighted by Gasteiger charge is -2.30. The van der Waals surface area contributed by atoms with Crippen LogP contribution in [-0.4, -0.2) is 60.1 Å². The molecule has 1 aliphatic carbocycles. The lowest BCUT2D eigenvalue weighted by molar-refractivity contribution is -0.133. The van der Waals surface area contributed by atoms with Crippen molar-refractivity contribution in [2.75, 3.05) is 37.7 Å². The van der Waals surface area contributed by atoms with Crippen LogP contribution in [0.3, 0.4) is 0 Å². The lowest BCUT2D eigenvalue weighted by atomic mass is 9.84. The first-order valence-electron chi connectivity index (χ1n) is 11.3. The molecule has 3 aliphatic rings. The smallest absolute Gasteiger partial charge is 0.326 e. The molecule has 3 fully saturated rings. The molecule has 1 N–H and O–H groups in total. The van der Waals surface area contributed by atoms with Gasteiger partial charge in [0, 0.05) is 31.9 Å². The predicted octanol–water partition coefficient (Wildman–Crippen LogP) is 3.50. The summed E-state index contributed by atoms with van der Waals surface area (Å²) in [6.07, 6.45) is 8.21. The molecule has 0 bridgehead atoms. The summed E-state index contributed by atoms with van der Waals surface area (Å²) >= 11 is 0. The average Bonchev–Trinajstić information content (AvgIpc) is 2.84. The number of hydrogen-bond donors (Lipinski definition) is 1. The van der Waals surface area contributed by atoms with Gasteiger partial charge in [-0.15, -0.1) is 0 Å². The van der Waals surface area contributed by atoms with Crippen LogP contribution in [0.2, 0.25) is 0 Å². The van der Waals surface area contributed by atoms with Gasteiger partial charge in [-0.1, -0.05) is 49.8 Å². The molecule has 4 rings (SSSR count). The van der Waals surface area contributed by atoms with E-state index in [1.54, 1.807) is 0 Å². The highest BCUT2D eigenvalue weighted by molar-refractivity contribution is 6.07. The average molecular weight is 399 g/mol. The molecule has 158 valence electrons. The summed E-state index contributed by atoms with van der Waals surface area (Å²) in [5, 5.41) is 3.08. The molecule has 6 heteroatoms. The summed E-state index contributed by atoms with van der Waals surface area (Å²) in [4.78, 5) is 32.1. The molecule has 0 atom stereocenters. The van der Waals surface area contributed by atoms with Crippen molar-refractivity contribution < 1.29 is 9.59 Å². The Kier molecular flexibility index (Phi) is 6.09. The van der Waals surface area contributed by atoms with E-state index >= 15 is 0 Å². The maximum atomic E-state index is 13.2. The first kappa shape index (κ1) is 20.2. The number of hydrogen-bond acceptors (Lipinski definition) is 4. The molecule has 1 saturated carbocycles. The number of imide groups is 1. The summed E-state index contributed by atoms with van der Waals surface area (Å²) < 4.78 is 0. The van der Waals surface area contributed by atoms with Gasteiger partial charge in [0.25, 0.3) is 5.91 Å². The minimum absolute atomic E-state index is 0.00374. The van der Waals surface area contributed by atoms with E-state index in [9.17, 15) is 9.59 Å². The summed E-state index contributed by atoms with van der Waals surface area (Å²) in [5.41, 5.74) is 1.88. The quantitative estimate of drug-likeness (QED) is 0.792. The van der Waals surface area contributed by atoms with E-state index in [1.165, 1.54) is 22.6 Å². The van der Waals surface area contributed by atoms with Crippen LogP contribution in [-0.2, 0) is 4.79 Å². The van der Waals surface area contributed by atoms with Gasteiger partial charge in [0.1, 0.15) is 5.54 Å². The van der Waals surface area contributed by atoms with E-state index in [4.69, 9.17) is 0 Å². The zero-order valence-corrected chi connectivity index (χ0v) is 17.7. The molecule has 3 amide bonds. The van der Waals surface area contributed by atoms with Crippen LogP contribution in [0.15, 0.2) is 24.3 Å². The Hall–Kier alpha value is -2.08. The Morgan fingerprint density at radius 2 is 1.55 bits per heavy atom. The van der Waals surface area contributed by atoms with Crippen molar-refractivity contribution in [2.24, 2.45) is 0 Å². The normalized spacial score (nSPS) is 23.6. The van der Waals surface area contributed by atoms with Gasteiger partial charge < -0.3 is 10.2 Å². The summed E-state index contributed by atoms with van der Waals surface area (Å²) in [7, 11) is 0. The van der Waals surface area contributed by atoms with E-state index in [-0.39, 0.29) is 11.9 Å². The fourth-order valence-electron chi connectivity index (χ4n) is 4.98. The van der Waals surface area contributed by atoms with Crippen molar-refractivity contribution in [1.82, 2.24) is 15.1 Å². The first-order valence-corrected chi connectivity index (χ1v) is 11.3. The summed E-state index contributed by atoms with van der Waals surface area (Å²) in [5.74, 6) is 0.00374. The largest absolute Gasteiger partial charge is 0.370 e. The highest BCUT2D eigenvalue weighted by Gasteiger charge is 2.50. The zero-order chi connectivity index (χ0) is 20.3. The van der Waals surface area contributed by atoms with E-state index in [0.717, 1.165) is 71.1 Å². The molecule has 29 heavy (non-hydrogen) atoms. The Labute approximate surface area is 174 Å². The molecule has 1 aromatic carbocycles. The van der Waals surface area contributed by atoms with Crippen molar-refractivity contribution in [3.05, 3.63) is 29.8 Å². The van der Waals surface area contributed by atoms with E-state index in [2.05, 4.69) is 46.3 Å². The van der Waals surface area contributed by atoms with Crippen LogP contribution in [0, 0.1) is 6.92 Å². The molecule has 6 nitrogen and oxygen atoms in total. The third-order valence-corrected chi connectivity index (χ3v) is 6.78. The number of aryl methyl sites for hydroxylation is 1. The van der Waals surface area contributed by atoms with Crippen LogP contribution in [0.4, 0.5) is 10.5 Å². The van der Waals surface area contributed by atoms with Crippen molar-refractivity contribution >= 4 is 17.6 Å². The predicted molar refractivity (Wildman–Crippen MR) is 115 cm³/mol. The molecule has 0 unspecified atom stereocenters. The molecule has 0 radical (unpaired) electrons. The molecule has 0 aromatic heterocycles. The number of rotatable bonds is 3. The number of carbonyl (C=O) groups is 2. The van der Waals surface area contributed by atoms with Crippen molar-refractivity contribution in [3.63, 3.8) is 0 Å². The SMILES string of the molecule is Cc1ccc(N2CCCN(CN3C(=O)NC4(CCCCCCC4)C3=O)CC2)cc1. The third-order valence-electron chi connectivity index (χ3n) is 6.78. The second-order valence-corrected chi connectivity index (χ2v) is 8.95. The van der Waals surface area contributed by atoms with Gasteiger partial charge in [-0.2, -0.15) is 0 Å². The number of nitrogens with one attached hydrogen (secondary N) is 1. The number of anilines is 1. The number of amides is 3. The molecular formula is C23H34N4O2.